The van der Waals surface area contributed by atoms with Crippen LogP contribution in [0.15, 0.2) is 23.1 Å². The highest BCUT2D eigenvalue weighted by molar-refractivity contribution is 7.90. The van der Waals surface area contributed by atoms with Crippen LogP contribution in [0.4, 0.5) is 0 Å². The Morgan fingerprint density at radius 3 is 2.30 bits per heavy atom. The van der Waals surface area contributed by atoms with Crippen molar-refractivity contribution in [3.8, 4) is 0 Å². The summed E-state index contributed by atoms with van der Waals surface area (Å²) in [5.41, 5.74) is -0.573. The molecule has 1 rings (SSSR count). The van der Waals surface area contributed by atoms with Crippen LogP contribution in [0.3, 0.4) is 0 Å². The van der Waals surface area contributed by atoms with Crippen molar-refractivity contribution in [3.05, 3.63) is 28.8 Å². The van der Waals surface area contributed by atoms with Gasteiger partial charge in [-0.25, -0.2) is 13.2 Å². The molecule has 1 aromatic carbocycles. The van der Waals surface area contributed by atoms with Crippen molar-refractivity contribution in [1.82, 2.24) is 5.32 Å². The molecule has 0 radical (unpaired) electrons. The summed E-state index contributed by atoms with van der Waals surface area (Å²) < 4.78 is 28.2. The van der Waals surface area contributed by atoms with E-state index in [9.17, 15) is 18.0 Å². The molecule has 1 aromatic rings. The number of ether oxygens (including phenoxy) is 1. The van der Waals surface area contributed by atoms with Gasteiger partial charge in [0.15, 0.2) is 15.9 Å². The van der Waals surface area contributed by atoms with Gasteiger partial charge < -0.3 is 10.1 Å². The molecule has 8 heteroatoms. The van der Waals surface area contributed by atoms with Crippen molar-refractivity contribution in [3.63, 3.8) is 0 Å². The predicted octanol–water partition coefficient (Wildman–Crippen LogP) is 2.20. The molecule has 0 saturated carbocycles. The number of sulfone groups is 1. The lowest BCUT2D eigenvalue weighted by Gasteiger charge is -2.23. The highest BCUT2D eigenvalue weighted by Gasteiger charge is 2.24. The molecule has 0 bridgehead atoms. The first-order valence-corrected chi connectivity index (χ1v) is 9.11. The van der Waals surface area contributed by atoms with Crippen LogP contribution in [-0.4, -0.2) is 38.2 Å². The Labute approximate surface area is 141 Å². The first-order chi connectivity index (χ1) is 10.3. The van der Waals surface area contributed by atoms with Gasteiger partial charge in [0.25, 0.3) is 5.91 Å². The summed E-state index contributed by atoms with van der Waals surface area (Å²) in [7, 11) is -3.49. The van der Waals surface area contributed by atoms with E-state index in [1.807, 2.05) is 0 Å². The zero-order valence-corrected chi connectivity index (χ0v) is 15.2. The molecule has 0 aromatic heterocycles. The van der Waals surface area contributed by atoms with Crippen molar-refractivity contribution in [2.75, 3.05) is 6.26 Å². The van der Waals surface area contributed by atoms with Crippen LogP contribution in [0.1, 0.15) is 38.1 Å². The van der Waals surface area contributed by atoms with E-state index in [-0.39, 0.29) is 15.5 Å². The van der Waals surface area contributed by atoms with Crippen LogP contribution >= 0.6 is 11.6 Å². The van der Waals surface area contributed by atoms with E-state index < -0.39 is 33.4 Å². The van der Waals surface area contributed by atoms with E-state index in [4.69, 9.17) is 16.3 Å². The maximum atomic E-state index is 12.1. The SMILES string of the molecule is C[C@H](OC(=O)c1cc(S(C)(=O)=O)ccc1Cl)C(=O)NC(C)(C)C. The minimum absolute atomic E-state index is 0.0471. The number of benzene rings is 1. The first kappa shape index (κ1) is 19.4. The Kier molecular flexibility index (Phi) is 5.82. The van der Waals surface area contributed by atoms with Crippen molar-refractivity contribution in [1.29, 1.82) is 0 Å². The Hall–Kier alpha value is -1.60. The minimum Gasteiger partial charge on any atom is -0.449 e. The molecule has 0 heterocycles. The Morgan fingerprint density at radius 1 is 1.26 bits per heavy atom. The van der Waals surface area contributed by atoms with Gasteiger partial charge in [-0.05, 0) is 45.9 Å². The van der Waals surface area contributed by atoms with Crippen molar-refractivity contribution in [2.45, 2.75) is 44.2 Å². The summed E-state index contributed by atoms with van der Waals surface area (Å²) in [4.78, 5) is 24.0. The molecule has 6 nitrogen and oxygen atoms in total. The fraction of sp³-hybridized carbons (Fsp3) is 0.467. The number of halogens is 1. The molecule has 1 atom stereocenters. The van der Waals surface area contributed by atoms with Crippen molar-refractivity contribution >= 4 is 33.3 Å². The quantitative estimate of drug-likeness (QED) is 0.830. The zero-order valence-electron chi connectivity index (χ0n) is 13.6. The molecular formula is C15H20ClNO5S. The molecule has 0 aliphatic carbocycles. The molecular weight excluding hydrogens is 342 g/mol. The Balaban J connectivity index is 2.96. The molecule has 0 aliphatic rings. The Morgan fingerprint density at radius 2 is 1.83 bits per heavy atom. The van der Waals surface area contributed by atoms with Gasteiger partial charge in [-0.2, -0.15) is 0 Å². The number of rotatable bonds is 4. The van der Waals surface area contributed by atoms with Gasteiger partial charge in [-0.15, -0.1) is 0 Å². The van der Waals surface area contributed by atoms with Crippen LogP contribution < -0.4 is 5.32 Å². The summed E-state index contributed by atoms with van der Waals surface area (Å²) in [6.45, 7) is 6.82. The van der Waals surface area contributed by atoms with E-state index in [1.54, 1.807) is 20.8 Å². The van der Waals surface area contributed by atoms with Gasteiger partial charge in [0, 0.05) is 11.8 Å². The zero-order chi connectivity index (χ0) is 18.0. The maximum absolute atomic E-state index is 12.1. The van der Waals surface area contributed by atoms with Crippen LogP contribution in [0.25, 0.3) is 0 Å². The van der Waals surface area contributed by atoms with Gasteiger partial charge in [0.2, 0.25) is 0 Å². The second-order valence-electron chi connectivity index (χ2n) is 6.20. The first-order valence-electron chi connectivity index (χ1n) is 6.84. The van der Waals surface area contributed by atoms with Crippen molar-refractivity contribution < 1.29 is 22.7 Å². The average Bonchev–Trinajstić information content (AvgIpc) is 2.35. The third kappa shape index (κ3) is 5.84. The normalized spacial score (nSPS) is 13.3. The molecule has 0 spiro atoms. The van der Waals surface area contributed by atoms with E-state index in [0.717, 1.165) is 12.3 Å². The second-order valence-corrected chi connectivity index (χ2v) is 8.62. The molecule has 0 fully saturated rings. The van der Waals surface area contributed by atoms with E-state index >= 15 is 0 Å². The second kappa shape index (κ2) is 6.88. The third-order valence-corrected chi connectivity index (χ3v) is 4.18. The van der Waals surface area contributed by atoms with Crippen LogP contribution in [0.2, 0.25) is 5.02 Å². The minimum atomic E-state index is -3.49. The lowest BCUT2D eigenvalue weighted by Crippen LogP contribution is -2.46. The highest BCUT2D eigenvalue weighted by Crippen LogP contribution is 2.22. The van der Waals surface area contributed by atoms with Gasteiger partial charge in [-0.3, -0.25) is 4.79 Å². The highest BCUT2D eigenvalue weighted by atomic mass is 35.5. The summed E-state index contributed by atoms with van der Waals surface area (Å²) in [6, 6.07) is 3.73. The number of esters is 1. The van der Waals surface area contributed by atoms with Gasteiger partial charge in [0.05, 0.1) is 15.5 Å². The molecule has 0 unspecified atom stereocenters. The number of amides is 1. The van der Waals surface area contributed by atoms with Crippen LogP contribution in [0.5, 0.6) is 0 Å². The number of carbonyl (C=O) groups is 2. The number of hydrogen-bond acceptors (Lipinski definition) is 5. The molecule has 1 amide bonds. The monoisotopic (exact) mass is 361 g/mol. The Bertz CT molecular complexity index is 722. The van der Waals surface area contributed by atoms with Gasteiger partial charge >= 0.3 is 5.97 Å². The lowest BCUT2D eigenvalue weighted by molar-refractivity contribution is -0.130. The lowest BCUT2D eigenvalue weighted by atomic mass is 10.1. The van der Waals surface area contributed by atoms with Crippen molar-refractivity contribution in [2.24, 2.45) is 0 Å². The van der Waals surface area contributed by atoms with Gasteiger partial charge in [0.1, 0.15) is 0 Å². The van der Waals surface area contributed by atoms with E-state index in [0.29, 0.717) is 0 Å². The smallest absolute Gasteiger partial charge is 0.340 e. The number of hydrogen-bond donors (Lipinski definition) is 1. The van der Waals surface area contributed by atoms with Crippen LogP contribution in [-0.2, 0) is 19.4 Å². The molecule has 23 heavy (non-hydrogen) atoms. The number of nitrogens with one attached hydrogen (secondary N) is 1. The fourth-order valence-corrected chi connectivity index (χ4v) is 2.48. The fourth-order valence-electron chi connectivity index (χ4n) is 1.64. The summed E-state index contributed by atoms with van der Waals surface area (Å²) in [6.07, 6.45) is -0.0234. The molecule has 128 valence electrons. The predicted molar refractivity (Wildman–Crippen MR) is 87.3 cm³/mol. The number of carbonyl (C=O) groups excluding carboxylic acids is 2. The summed E-state index contributed by atoms with van der Waals surface area (Å²) in [5.74, 6) is -1.32. The summed E-state index contributed by atoms with van der Waals surface area (Å²) >= 11 is 5.91. The topological polar surface area (TPSA) is 89.5 Å². The van der Waals surface area contributed by atoms with Gasteiger partial charge in [-0.1, -0.05) is 11.6 Å². The summed E-state index contributed by atoms with van der Waals surface area (Å²) in [5, 5.41) is 2.73. The molecule has 0 saturated heterocycles. The molecule has 0 aliphatic heterocycles. The van der Waals surface area contributed by atoms with E-state index in [2.05, 4.69) is 5.32 Å². The van der Waals surface area contributed by atoms with E-state index in [1.165, 1.54) is 19.1 Å². The average molecular weight is 362 g/mol. The maximum Gasteiger partial charge on any atom is 0.340 e. The standard InChI is InChI=1S/C15H20ClNO5S/c1-9(13(18)17-15(2,3)4)22-14(19)11-8-10(23(5,20)21)6-7-12(11)16/h6-9H,1-5H3,(H,17,18)/t9-/m0/s1. The van der Waals surface area contributed by atoms with Crippen LogP contribution in [0, 0.1) is 0 Å². The largest absolute Gasteiger partial charge is 0.449 e. The third-order valence-electron chi connectivity index (χ3n) is 2.74. The molecule has 1 N–H and O–H groups in total.